The molecule has 2 nitrogen and oxygen atoms in total. The van der Waals surface area contributed by atoms with Gasteiger partial charge in [-0.3, -0.25) is 4.90 Å². The van der Waals surface area contributed by atoms with Gasteiger partial charge in [0.15, 0.2) is 0 Å². The molecule has 0 radical (unpaired) electrons. The van der Waals surface area contributed by atoms with E-state index in [4.69, 9.17) is 4.74 Å². The van der Waals surface area contributed by atoms with Crippen molar-refractivity contribution in [1.82, 2.24) is 4.90 Å². The molecule has 2 fully saturated rings. The van der Waals surface area contributed by atoms with E-state index in [1.165, 1.54) is 24.0 Å². The van der Waals surface area contributed by atoms with Gasteiger partial charge in [0.1, 0.15) is 6.23 Å². The van der Waals surface area contributed by atoms with Crippen LogP contribution < -0.4 is 0 Å². The third kappa shape index (κ3) is 2.50. The molecular formula is C19H21NO. The van der Waals surface area contributed by atoms with Gasteiger partial charge in [0, 0.05) is 6.54 Å². The zero-order valence-corrected chi connectivity index (χ0v) is 12.2. The lowest BCUT2D eigenvalue weighted by Gasteiger charge is -2.27. The standard InChI is InChI=1S/C19H21NO/c1-3-8-15(9-4-1)14-20-18-13-7-12-17(21-18)19(20)16-10-5-2-6-11-16/h1-6,8-11,17-19H,7,12-14H2/t17-,18+,19+/m0/s1. The second-order valence-electron chi connectivity index (χ2n) is 6.07. The number of ether oxygens (including phenoxy) is 1. The summed E-state index contributed by atoms with van der Waals surface area (Å²) in [6, 6.07) is 22.0. The van der Waals surface area contributed by atoms with Gasteiger partial charge in [-0.2, -0.15) is 0 Å². The molecule has 0 saturated carbocycles. The number of likely N-dealkylation sites (tertiary alicyclic amines) is 1. The smallest absolute Gasteiger partial charge is 0.111 e. The van der Waals surface area contributed by atoms with E-state index in [0.29, 0.717) is 12.1 Å². The maximum atomic E-state index is 6.28. The summed E-state index contributed by atoms with van der Waals surface area (Å²) >= 11 is 0. The molecule has 2 aromatic carbocycles. The molecule has 21 heavy (non-hydrogen) atoms. The lowest BCUT2D eigenvalue weighted by atomic mass is 9.98. The van der Waals surface area contributed by atoms with Gasteiger partial charge in [-0.25, -0.2) is 0 Å². The number of fused-ring (bicyclic) bond motifs is 2. The molecule has 2 aliphatic rings. The normalized spacial score (nSPS) is 28.7. The van der Waals surface area contributed by atoms with E-state index < -0.39 is 0 Å². The molecule has 2 saturated heterocycles. The van der Waals surface area contributed by atoms with Crippen molar-refractivity contribution in [3.8, 4) is 0 Å². The van der Waals surface area contributed by atoms with Crippen LogP contribution in [0.2, 0.25) is 0 Å². The van der Waals surface area contributed by atoms with Gasteiger partial charge in [-0.15, -0.1) is 0 Å². The number of hydrogen-bond donors (Lipinski definition) is 0. The number of benzene rings is 2. The Bertz CT molecular complexity index is 583. The van der Waals surface area contributed by atoms with Crippen LogP contribution in [0.3, 0.4) is 0 Å². The average molecular weight is 279 g/mol. The molecule has 0 aromatic heterocycles. The summed E-state index contributed by atoms with van der Waals surface area (Å²) in [6.07, 6.45) is 4.27. The molecule has 0 N–H and O–H groups in total. The highest BCUT2D eigenvalue weighted by atomic mass is 16.5. The van der Waals surface area contributed by atoms with Crippen LogP contribution in [0.1, 0.15) is 36.4 Å². The molecule has 2 heteroatoms. The molecule has 4 rings (SSSR count). The van der Waals surface area contributed by atoms with Crippen LogP contribution in [-0.2, 0) is 11.3 Å². The van der Waals surface area contributed by atoms with Crippen LogP contribution in [-0.4, -0.2) is 17.2 Å². The molecule has 0 unspecified atom stereocenters. The van der Waals surface area contributed by atoms with E-state index >= 15 is 0 Å². The van der Waals surface area contributed by atoms with Crippen molar-refractivity contribution in [3.63, 3.8) is 0 Å². The minimum absolute atomic E-state index is 0.286. The molecule has 2 aliphatic heterocycles. The third-order valence-corrected chi connectivity index (χ3v) is 4.70. The van der Waals surface area contributed by atoms with Gasteiger partial charge in [0.05, 0.1) is 12.1 Å². The van der Waals surface area contributed by atoms with Gasteiger partial charge >= 0.3 is 0 Å². The van der Waals surface area contributed by atoms with Crippen LogP contribution in [0.4, 0.5) is 0 Å². The predicted octanol–water partition coefficient (Wildman–Crippen LogP) is 4.14. The van der Waals surface area contributed by atoms with Crippen LogP contribution in [0.15, 0.2) is 60.7 Å². The van der Waals surface area contributed by atoms with E-state index in [-0.39, 0.29) is 6.23 Å². The summed E-state index contributed by atoms with van der Waals surface area (Å²) < 4.78 is 6.28. The minimum Gasteiger partial charge on any atom is -0.358 e. The summed E-state index contributed by atoms with van der Waals surface area (Å²) in [7, 11) is 0. The second-order valence-corrected chi connectivity index (χ2v) is 6.07. The molecule has 2 aromatic rings. The fourth-order valence-electron chi connectivity index (χ4n) is 3.75. The first-order chi connectivity index (χ1) is 10.4. The van der Waals surface area contributed by atoms with Crippen molar-refractivity contribution in [2.24, 2.45) is 0 Å². The van der Waals surface area contributed by atoms with Crippen molar-refractivity contribution >= 4 is 0 Å². The van der Waals surface area contributed by atoms with E-state index in [2.05, 4.69) is 65.6 Å². The molecule has 3 atom stereocenters. The minimum atomic E-state index is 0.286. The fourth-order valence-corrected chi connectivity index (χ4v) is 3.75. The first kappa shape index (κ1) is 13.1. The average Bonchev–Trinajstić information content (AvgIpc) is 2.79. The second kappa shape index (κ2) is 5.63. The van der Waals surface area contributed by atoms with Crippen LogP contribution in [0.25, 0.3) is 0 Å². The topological polar surface area (TPSA) is 12.5 Å². The Kier molecular flexibility index (Phi) is 3.50. The molecular weight excluding hydrogens is 258 g/mol. The van der Waals surface area contributed by atoms with Crippen molar-refractivity contribution in [2.75, 3.05) is 0 Å². The Morgan fingerprint density at radius 1 is 0.905 bits per heavy atom. The van der Waals surface area contributed by atoms with Crippen molar-refractivity contribution in [2.45, 2.75) is 44.2 Å². The molecule has 0 spiro atoms. The van der Waals surface area contributed by atoms with E-state index in [1.54, 1.807) is 0 Å². The summed E-state index contributed by atoms with van der Waals surface area (Å²) in [5.74, 6) is 0. The third-order valence-electron chi connectivity index (χ3n) is 4.70. The Balaban J connectivity index is 1.65. The summed E-state index contributed by atoms with van der Waals surface area (Å²) in [5, 5.41) is 0. The quantitative estimate of drug-likeness (QED) is 0.837. The summed E-state index contributed by atoms with van der Waals surface area (Å²) in [6.45, 7) is 0.974. The zero-order valence-electron chi connectivity index (χ0n) is 12.2. The molecule has 0 aliphatic carbocycles. The Morgan fingerprint density at radius 2 is 1.62 bits per heavy atom. The van der Waals surface area contributed by atoms with Crippen LogP contribution in [0.5, 0.6) is 0 Å². The Hall–Kier alpha value is -1.64. The molecule has 2 heterocycles. The Labute approximate surface area is 126 Å². The highest BCUT2D eigenvalue weighted by Crippen LogP contribution is 2.43. The van der Waals surface area contributed by atoms with Gasteiger partial charge < -0.3 is 4.74 Å². The van der Waals surface area contributed by atoms with E-state index in [9.17, 15) is 0 Å². The maximum absolute atomic E-state index is 6.28. The lowest BCUT2D eigenvalue weighted by Crippen LogP contribution is -2.31. The number of hydrogen-bond acceptors (Lipinski definition) is 2. The van der Waals surface area contributed by atoms with Crippen LogP contribution >= 0.6 is 0 Å². The van der Waals surface area contributed by atoms with Crippen LogP contribution in [0, 0.1) is 0 Å². The first-order valence-electron chi connectivity index (χ1n) is 7.92. The number of nitrogens with zero attached hydrogens (tertiary/aromatic N) is 1. The number of rotatable bonds is 3. The van der Waals surface area contributed by atoms with Gasteiger partial charge in [0.25, 0.3) is 0 Å². The van der Waals surface area contributed by atoms with Crippen molar-refractivity contribution in [1.29, 1.82) is 0 Å². The SMILES string of the molecule is c1ccc(CN2[C@H](c3ccccc3)[C@@H]3CCC[C@H]2O3)cc1. The first-order valence-corrected chi connectivity index (χ1v) is 7.92. The van der Waals surface area contributed by atoms with Crippen molar-refractivity contribution in [3.05, 3.63) is 71.8 Å². The molecule has 108 valence electrons. The molecule has 0 amide bonds. The molecule has 2 bridgehead atoms. The zero-order chi connectivity index (χ0) is 14.1. The highest BCUT2D eigenvalue weighted by molar-refractivity contribution is 5.23. The summed E-state index contributed by atoms with van der Waals surface area (Å²) in [5.41, 5.74) is 2.76. The van der Waals surface area contributed by atoms with Crippen molar-refractivity contribution < 1.29 is 4.74 Å². The van der Waals surface area contributed by atoms with E-state index in [1.807, 2.05) is 0 Å². The van der Waals surface area contributed by atoms with Gasteiger partial charge in [-0.1, -0.05) is 60.7 Å². The maximum Gasteiger partial charge on any atom is 0.111 e. The highest BCUT2D eigenvalue weighted by Gasteiger charge is 2.44. The lowest BCUT2D eigenvalue weighted by molar-refractivity contribution is -0.0353. The predicted molar refractivity (Wildman–Crippen MR) is 83.7 cm³/mol. The monoisotopic (exact) mass is 279 g/mol. The van der Waals surface area contributed by atoms with Gasteiger partial charge in [0.2, 0.25) is 0 Å². The summed E-state index contributed by atoms with van der Waals surface area (Å²) in [4.78, 5) is 2.56. The van der Waals surface area contributed by atoms with E-state index in [0.717, 1.165) is 13.0 Å². The largest absolute Gasteiger partial charge is 0.358 e. The van der Waals surface area contributed by atoms with Gasteiger partial charge in [-0.05, 0) is 30.4 Å². The fraction of sp³-hybridized carbons (Fsp3) is 0.368. The Morgan fingerprint density at radius 3 is 2.38 bits per heavy atom.